The number of carbonyl (C=O) groups excluding carboxylic acids is 2. The Morgan fingerprint density at radius 3 is 2.58 bits per heavy atom. The number of amides is 1. The lowest BCUT2D eigenvalue weighted by Gasteiger charge is -2.44. The molecule has 2 heterocycles. The monoisotopic (exact) mass is 366 g/mol. The zero-order valence-corrected chi connectivity index (χ0v) is 16.9. The van der Waals surface area contributed by atoms with Crippen molar-refractivity contribution in [2.24, 2.45) is 5.92 Å². The largest absolute Gasteiger partial charge is 0.413 e. The molecule has 1 aliphatic heterocycles. The Kier molecular flexibility index (Phi) is 5.56. The van der Waals surface area contributed by atoms with Gasteiger partial charge in [0, 0.05) is 18.0 Å². The molecule has 3 atom stereocenters. The zero-order valence-electron chi connectivity index (χ0n) is 15.1. The van der Waals surface area contributed by atoms with Crippen molar-refractivity contribution in [1.29, 1.82) is 0 Å². The van der Waals surface area contributed by atoms with Crippen molar-refractivity contribution in [3.63, 3.8) is 0 Å². The van der Waals surface area contributed by atoms with E-state index >= 15 is 0 Å². The predicted molar refractivity (Wildman–Crippen MR) is 99.3 cm³/mol. The van der Waals surface area contributed by atoms with Gasteiger partial charge in [0.1, 0.15) is 0 Å². The molecule has 1 N–H and O–H groups in total. The minimum atomic E-state index is -1.96. The Morgan fingerprint density at radius 2 is 2.08 bits per heavy atom. The number of hydrogen-bond donors (Lipinski definition) is 1. The maximum absolute atomic E-state index is 12.3. The van der Waals surface area contributed by atoms with Gasteiger partial charge in [-0.15, -0.1) is 0 Å². The quantitative estimate of drug-likeness (QED) is 0.639. The molecule has 1 aromatic rings. The molecule has 0 aromatic carbocycles. The van der Waals surface area contributed by atoms with E-state index in [2.05, 4.69) is 44.2 Å². The van der Waals surface area contributed by atoms with Crippen LogP contribution in [0.2, 0.25) is 18.1 Å². The SMILES string of the molecule is C[C@@H](O[Si](C)(C)C(C)(C)C)[C@H]1C(=O)N[C@@H]1SC(=O)c1cccnc1. The number of nitrogens with zero attached hydrogens (tertiary/aromatic N) is 1. The van der Waals surface area contributed by atoms with Crippen molar-refractivity contribution in [1.82, 2.24) is 10.3 Å². The molecular formula is C17H26N2O3SSi. The predicted octanol–water partition coefficient (Wildman–Crippen LogP) is 3.44. The highest BCUT2D eigenvalue weighted by molar-refractivity contribution is 8.14. The van der Waals surface area contributed by atoms with Gasteiger partial charge in [0.05, 0.1) is 17.4 Å². The van der Waals surface area contributed by atoms with Crippen LogP contribution in [0.3, 0.4) is 0 Å². The van der Waals surface area contributed by atoms with E-state index in [0.717, 1.165) is 11.8 Å². The first-order valence-corrected chi connectivity index (χ1v) is 11.9. The molecule has 1 fully saturated rings. The Hall–Kier alpha value is -1.18. The van der Waals surface area contributed by atoms with Crippen molar-refractivity contribution in [3.8, 4) is 0 Å². The standard InChI is InChI=1S/C17H26N2O3SSi/c1-11(22-24(5,6)17(2,3)4)13-14(20)19-15(13)23-16(21)12-8-7-9-18-10-12/h7-11,13,15H,1-6H3,(H,19,20)/t11-,13+,15-/m1/s1. The van der Waals surface area contributed by atoms with E-state index in [1.54, 1.807) is 24.5 Å². The van der Waals surface area contributed by atoms with Crippen LogP contribution in [0, 0.1) is 5.92 Å². The highest BCUT2D eigenvalue weighted by Gasteiger charge is 2.48. The maximum Gasteiger partial charge on any atom is 0.229 e. The van der Waals surface area contributed by atoms with E-state index in [1.165, 1.54) is 0 Å². The fourth-order valence-corrected chi connectivity index (χ4v) is 4.89. The smallest absolute Gasteiger partial charge is 0.229 e. The summed E-state index contributed by atoms with van der Waals surface area (Å²) in [5.74, 6) is -0.345. The first kappa shape index (κ1) is 19.1. The van der Waals surface area contributed by atoms with Crippen molar-refractivity contribution in [2.75, 3.05) is 0 Å². The molecule has 0 bridgehead atoms. The van der Waals surface area contributed by atoms with Crippen LogP contribution < -0.4 is 5.32 Å². The summed E-state index contributed by atoms with van der Waals surface area (Å²) in [7, 11) is -1.96. The van der Waals surface area contributed by atoms with Gasteiger partial charge < -0.3 is 9.74 Å². The molecule has 1 saturated heterocycles. The van der Waals surface area contributed by atoms with E-state index in [0.29, 0.717) is 5.56 Å². The van der Waals surface area contributed by atoms with Crippen LogP contribution in [0.1, 0.15) is 38.1 Å². The highest BCUT2D eigenvalue weighted by Crippen LogP contribution is 2.40. The van der Waals surface area contributed by atoms with Crippen molar-refractivity contribution < 1.29 is 14.0 Å². The fraction of sp³-hybridized carbons (Fsp3) is 0.588. The van der Waals surface area contributed by atoms with Crippen molar-refractivity contribution in [3.05, 3.63) is 30.1 Å². The van der Waals surface area contributed by atoms with Gasteiger partial charge in [0.25, 0.3) is 0 Å². The Labute approximate surface area is 149 Å². The summed E-state index contributed by atoms with van der Waals surface area (Å²) in [4.78, 5) is 28.3. The third-order valence-corrected chi connectivity index (χ3v) is 10.5. The lowest BCUT2D eigenvalue weighted by molar-refractivity contribution is -0.136. The Bertz CT molecular complexity index is 616. The molecule has 1 aliphatic rings. The normalized spacial score (nSPS) is 22.5. The molecule has 1 aromatic heterocycles. The Morgan fingerprint density at radius 1 is 1.42 bits per heavy atom. The summed E-state index contributed by atoms with van der Waals surface area (Å²) in [6.07, 6.45) is 2.96. The van der Waals surface area contributed by atoms with Crippen LogP contribution in [0.5, 0.6) is 0 Å². The number of hydrogen-bond acceptors (Lipinski definition) is 5. The summed E-state index contributed by atoms with van der Waals surface area (Å²) in [6, 6.07) is 3.46. The highest BCUT2D eigenvalue weighted by atomic mass is 32.2. The average molecular weight is 367 g/mol. The van der Waals surface area contributed by atoms with E-state index in [4.69, 9.17) is 4.43 Å². The summed E-state index contributed by atoms with van der Waals surface area (Å²) >= 11 is 1.14. The summed E-state index contributed by atoms with van der Waals surface area (Å²) in [5, 5.41) is 2.57. The van der Waals surface area contributed by atoms with Gasteiger partial charge in [0.15, 0.2) is 8.32 Å². The van der Waals surface area contributed by atoms with E-state index in [-0.39, 0.29) is 33.5 Å². The van der Waals surface area contributed by atoms with Gasteiger partial charge in [-0.1, -0.05) is 32.5 Å². The molecule has 5 nitrogen and oxygen atoms in total. The minimum absolute atomic E-state index is 0.0438. The number of carbonyl (C=O) groups is 2. The summed E-state index contributed by atoms with van der Waals surface area (Å²) in [5.41, 5.74) is 0.542. The number of pyridine rings is 1. The van der Waals surface area contributed by atoms with Gasteiger partial charge in [-0.2, -0.15) is 0 Å². The molecule has 0 saturated carbocycles. The van der Waals surface area contributed by atoms with Gasteiger partial charge >= 0.3 is 0 Å². The molecule has 0 unspecified atom stereocenters. The lowest BCUT2D eigenvalue weighted by atomic mass is 9.96. The summed E-state index contributed by atoms with van der Waals surface area (Å²) in [6.45, 7) is 12.8. The molecular weight excluding hydrogens is 340 g/mol. The second-order valence-corrected chi connectivity index (χ2v) is 13.6. The second-order valence-electron chi connectivity index (χ2n) is 7.69. The molecule has 0 radical (unpaired) electrons. The molecule has 2 rings (SSSR count). The summed E-state index contributed by atoms with van der Waals surface area (Å²) < 4.78 is 6.34. The minimum Gasteiger partial charge on any atom is -0.413 e. The average Bonchev–Trinajstić information content (AvgIpc) is 2.45. The maximum atomic E-state index is 12.3. The number of thioether (sulfide) groups is 1. The number of aromatic nitrogens is 1. The molecule has 132 valence electrons. The molecule has 7 heteroatoms. The van der Waals surface area contributed by atoms with Gasteiger partial charge in [-0.05, 0) is 37.2 Å². The first-order chi connectivity index (χ1) is 11.0. The molecule has 24 heavy (non-hydrogen) atoms. The lowest BCUT2D eigenvalue weighted by Crippen LogP contribution is -2.62. The van der Waals surface area contributed by atoms with Crippen LogP contribution in [-0.4, -0.2) is 35.8 Å². The van der Waals surface area contributed by atoms with Crippen LogP contribution in [0.15, 0.2) is 24.5 Å². The first-order valence-electron chi connectivity index (χ1n) is 8.12. The second kappa shape index (κ2) is 6.97. The topological polar surface area (TPSA) is 68.3 Å². The van der Waals surface area contributed by atoms with Crippen LogP contribution in [-0.2, 0) is 9.22 Å². The van der Waals surface area contributed by atoms with Crippen molar-refractivity contribution in [2.45, 2.75) is 57.3 Å². The Balaban J connectivity index is 2.02. The van der Waals surface area contributed by atoms with Crippen LogP contribution >= 0.6 is 11.8 Å². The van der Waals surface area contributed by atoms with Crippen LogP contribution in [0.25, 0.3) is 0 Å². The molecule has 0 aliphatic carbocycles. The van der Waals surface area contributed by atoms with E-state index in [1.807, 2.05) is 6.92 Å². The van der Waals surface area contributed by atoms with Crippen molar-refractivity contribution >= 4 is 31.1 Å². The number of β-lactam (4-membered cyclic amide) rings is 1. The van der Waals surface area contributed by atoms with Gasteiger partial charge in [0.2, 0.25) is 11.0 Å². The van der Waals surface area contributed by atoms with Gasteiger partial charge in [-0.3, -0.25) is 14.6 Å². The van der Waals surface area contributed by atoms with Gasteiger partial charge in [-0.25, -0.2) is 0 Å². The molecule has 0 spiro atoms. The third-order valence-electron chi connectivity index (χ3n) is 4.84. The van der Waals surface area contributed by atoms with Crippen LogP contribution in [0.4, 0.5) is 0 Å². The third kappa shape index (κ3) is 4.07. The number of rotatable bonds is 5. The zero-order chi connectivity index (χ0) is 18.1. The van der Waals surface area contributed by atoms with E-state index in [9.17, 15) is 9.59 Å². The number of nitrogens with one attached hydrogen (secondary N) is 1. The van der Waals surface area contributed by atoms with E-state index < -0.39 is 8.32 Å². The molecule has 1 amide bonds. The fourth-order valence-electron chi connectivity index (χ4n) is 2.31.